The Balaban J connectivity index is 2.82. The molecule has 1 aromatic rings. The van der Waals surface area contributed by atoms with Gasteiger partial charge in [-0.15, -0.1) is 0 Å². The number of hydrogen-bond acceptors (Lipinski definition) is 6. The van der Waals surface area contributed by atoms with E-state index in [0.717, 1.165) is 0 Å². The molecule has 0 saturated heterocycles. The Labute approximate surface area is 147 Å². The molecule has 0 spiro atoms. The minimum absolute atomic E-state index is 0.00315. The minimum atomic E-state index is -3.73. The lowest BCUT2D eigenvalue weighted by atomic mass is 10.0. The third-order valence-corrected chi connectivity index (χ3v) is 5.27. The van der Waals surface area contributed by atoms with Crippen LogP contribution in [-0.4, -0.2) is 51.4 Å². The molecule has 0 saturated carbocycles. The molecule has 0 heterocycles. The number of ether oxygens (including phenoxy) is 2. The number of sulfone groups is 1. The van der Waals surface area contributed by atoms with Crippen molar-refractivity contribution in [3.05, 3.63) is 18.2 Å². The lowest BCUT2D eigenvalue weighted by molar-refractivity contribution is -0.143. The molecule has 0 aliphatic rings. The van der Waals surface area contributed by atoms with Crippen LogP contribution in [-0.2, 0) is 19.4 Å². The van der Waals surface area contributed by atoms with E-state index in [0.29, 0.717) is 5.75 Å². The Hall–Kier alpha value is -2.29. The molecular formula is C16H23NO7S. The number of hydrogen-bond donors (Lipinski definition) is 2. The highest BCUT2D eigenvalue weighted by Gasteiger charge is 2.25. The van der Waals surface area contributed by atoms with E-state index in [4.69, 9.17) is 14.6 Å². The molecule has 0 aromatic heterocycles. The lowest BCUT2D eigenvalue weighted by Crippen LogP contribution is -2.44. The van der Waals surface area contributed by atoms with Gasteiger partial charge in [0.25, 0.3) is 0 Å². The molecule has 1 aromatic carbocycles. The molecule has 0 aliphatic heterocycles. The number of carbonyl (C=O) groups is 2. The molecule has 8 nitrogen and oxygen atoms in total. The molecule has 2 N–H and O–H groups in total. The fourth-order valence-electron chi connectivity index (χ4n) is 2.11. The quantitative estimate of drug-likeness (QED) is 0.665. The molecule has 1 amide bonds. The average molecular weight is 373 g/mol. The second-order valence-corrected chi connectivity index (χ2v) is 7.82. The van der Waals surface area contributed by atoms with Gasteiger partial charge in [0.2, 0.25) is 5.91 Å². The van der Waals surface area contributed by atoms with Crippen molar-refractivity contribution in [3.63, 3.8) is 0 Å². The van der Waals surface area contributed by atoms with Crippen molar-refractivity contribution in [2.75, 3.05) is 20.0 Å². The Morgan fingerprint density at radius 3 is 2.24 bits per heavy atom. The number of rotatable bonds is 9. The molecule has 0 fully saturated rings. The minimum Gasteiger partial charge on any atom is -0.493 e. The van der Waals surface area contributed by atoms with Crippen molar-refractivity contribution in [1.29, 1.82) is 0 Å². The van der Waals surface area contributed by atoms with Gasteiger partial charge in [0.15, 0.2) is 21.3 Å². The van der Waals surface area contributed by atoms with Crippen molar-refractivity contribution in [2.45, 2.75) is 31.2 Å². The second-order valence-electron chi connectivity index (χ2n) is 5.71. The summed E-state index contributed by atoms with van der Waals surface area (Å²) in [6.45, 7) is 3.30. The highest BCUT2D eigenvalue weighted by molar-refractivity contribution is 7.91. The predicted octanol–water partition coefficient (Wildman–Crippen LogP) is 1.09. The van der Waals surface area contributed by atoms with Crippen LogP contribution >= 0.6 is 0 Å². The molecule has 1 rings (SSSR count). The Morgan fingerprint density at radius 1 is 1.16 bits per heavy atom. The first-order chi connectivity index (χ1) is 11.6. The van der Waals surface area contributed by atoms with Crippen molar-refractivity contribution in [3.8, 4) is 11.5 Å². The first-order valence-electron chi connectivity index (χ1n) is 7.59. The maximum atomic E-state index is 12.4. The van der Waals surface area contributed by atoms with E-state index >= 15 is 0 Å². The van der Waals surface area contributed by atoms with Gasteiger partial charge in [-0.25, -0.2) is 13.2 Å². The van der Waals surface area contributed by atoms with Crippen LogP contribution in [0.2, 0.25) is 0 Å². The van der Waals surface area contributed by atoms with E-state index < -0.39 is 33.5 Å². The summed E-state index contributed by atoms with van der Waals surface area (Å²) in [6.07, 6.45) is -0.340. The van der Waals surface area contributed by atoms with Gasteiger partial charge in [0.05, 0.1) is 24.9 Å². The number of benzene rings is 1. The van der Waals surface area contributed by atoms with Gasteiger partial charge in [-0.2, -0.15) is 0 Å². The van der Waals surface area contributed by atoms with Crippen LogP contribution in [0.3, 0.4) is 0 Å². The van der Waals surface area contributed by atoms with Crippen LogP contribution in [0.4, 0.5) is 0 Å². The van der Waals surface area contributed by atoms with Gasteiger partial charge in [-0.05, 0) is 18.1 Å². The summed E-state index contributed by atoms with van der Waals surface area (Å²) in [5.74, 6) is -1.90. The number of nitrogens with one attached hydrogen (secondary N) is 1. The zero-order valence-electron chi connectivity index (χ0n) is 14.6. The highest BCUT2D eigenvalue weighted by Crippen LogP contribution is 2.29. The van der Waals surface area contributed by atoms with Crippen molar-refractivity contribution in [1.82, 2.24) is 5.32 Å². The maximum absolute atomic E-state index is 12.4. The predicted molar refractivity (Wildman–Crippen MR) is 90.6 cm³/mol. The molecule has 0 unspecified atom stereocenters. The van der Waals surface area contributed by atoms with E-state index in [1.807, 2.05) is 0 Å². The lowest BCUT2D eigenvalue weighted by Gasteiger charge is -2.17. The van der Waals surface area contributed by atoms with Gasteiger partial charge >= 0.3 is 5.97 Å². The summed E-state index contributed by atoms with van der Waals surface area (Å²) in [6, 6.07) is 3.09. The number of carbonyl (C=O) groups excluding carboxylic acids is 1. The Bertz CT molecular complexity index is 728. The van der Waals surface area contributed by atoms with E-state index in [1.165, 1.54) is 32.4 Å². The monoisotopic (exact) mass is 373 g/mol. The summed E-state index contributed by atoms with van der Waals surface area (Å²) in [5.41, 5.74) is 0. The summed E-state index contributed by atoms with van der Waals surface area (Å²) >= 11 is 0. The van der Waals surface area contributed by atoms with Crippen LogP contribution in [0, 0.1) is 5.92 Å². The summed E-state index contributed by atoms with van der Waals surface area (Å²) < 4.78 is 34.9. The van der Waals surface area contributed by atoms with Gasteiger partial charge < -0.3 is 19.9 Å². The third kappa shape index (κ3) is 5.63. The molecular weight excluding hydrogens is 350 g/mol. The molecule has 0 aliphatic carbocycles. The molecule has 1 atom stereocenters. The number of carboxylic acids is 1. The topological polar surface area (TPSA) is 119 Å². The van der Waals surface area contributed by atoms with Gasteiger partial charge in [-0.1, -0.05) is 13.8 Å². The van der Waals surface area contributed by atoms with Crippen LogP contribution in [0.25, 0.3) is 0 Å². The number of methoxy groups -OCH3 is 2. The SMILES string of the molecule is COc1ccc(S(=O)(=O)CCC(=O)N[C@@H](C(=O)O)C(C)C)cc1OC. The second kappa shape index (κ2) is 8.70. The maximum Gasteiger partial charge on any atom is 0.326 e. The zero-order valence-corrected chi connectivity index (χ0v) is 15.4. The first-order valence-corrected chi connectivity index (χ1v) is 9.24. The van der Waals surface area contributed by atoms with Gasteiger partial charge in [0.1, 0.15) is 6.04 Å². The molecule has 0 bridgehead atoms. The Kier molecular flexibility index (Phi) is 7.22. The largest absolute Gasteiger partial charge is 0.493 e. The summed E-state index contributed by atoms with van der Waals surface area (Å²) in [7, 11) is -0.910. The Morgan fingerprint density at radius 2 is 1.76 bits per heavy atom. The third-order valence-electron chi connectivity index (χ3n) is 3.56. The summed E-state index contributed by atoms with van der Waals surface area (Å²) in [4.78, 5) is 22.9. The van der Waals surface area contributed by atoms with Gasteiger partial charge in [0, 0.05) is 12.5 Å². The number of carboxylic acid groups (broad SMARTS) is 1. The number of amides is 1. The standard InChI is InChI=1S/C16H23NO7S/c1-10(2)15(16(19)20)17-14(18)7-8-25(21,22)11-5-6-12(23-3)13(9-11)24-4/h5-6,9-10,15H,7-8H2,1-4H3,(H,17,18)(H,19,20)/t15-/m1/s1. The smallest absolute Gasteiger partial charge is 0.326 e. The van der Waals surface area contributed by atoms with Crippen LogP contribution < -0.4 is 14.8 Å². The van der Waals surface area contributed by atoms with Crippen LogP contribution in [0.5, 0.6) is 11.5 Å². The first kappa shape index (κ1) is 20.8. The van der Waals surface area contributed by atoms with E-state index in [9.17, 15) is 18.0 Å². The van der Waals surface area contributed by atoms with Crippen LogP contribution in [0.15, 0.2) is 23.1 Å². The van der Waals surface area contributed by atoms with E-state index in [1.54, 1.807) is 13.8 Å². The van der Waals surface area contributed by atoms with Crippen molar-refractivity contribution < 1.29 is 32.6 Å². The normalized spacial score (nSPS) is 12.5. The van der Waals surface area contributed by atoms with Crippen LogP contribution in [0.1, 0.15) is 20.3 Å². The van der Waals surface area contributed by atoms with E-state index in [-0.39, 0.29) is 23.0 Å². The molecule has 140 valence electrons. The molecule has 9 heteroatoms. The van der Waals surface area contributed by atoms with E-state index in [2.05, 4.69) is 5.32 Å². The summed E-state index contributed by atoms with van der Waals surface area (Å²) in [5, 5.41) is 11.4. The number of aliphatic carboxylic acids is 1. The zero-order chi connectivity index (χ0) is 19.2. The molecule has 0 radical (unpaired) electrons. The fraction of sp³-hybridized carbons (Fsp3) is 0.500. The van der Waals surface area contributed by atoms with Gasteiger partial charge in [-0.3, -0.25) is 4.79 Å². The molecule has 25 heavy (non-hydrogen) atoms. The fourth-order valence-corrected chi connectivity index (χ4v) is 3.37. The van der Waals surface area contributed by atoms with Crippen molar-refractivity contribution >= 4 is 21.7 Å². The van der Waals surface area contributed by atoms with Crippen molar-refractivity contribution in [2.24, 2.45) is 5.92 Å². The highest BCUT2D eigenvalue weighted by atomic mass is 32.2. The average Bonchev–Trinajstić information content (AvgIpc) is 2.56.